The van der Waals surface area contributed by atoms with Crippen molar-refractivity contribution >= 4 is 46.1 Å². The van der Waals surface area contributed by atoms with Crippen molar-refractivity contribution in [1.82, 2.24) is 20.2 Å². The van der Waals surface area contributed by atoms with Crippen molar-refractivity contribution in [2.45, 2.75) is 36.9 Å². The molecule has 2 aromatic heterocycles. The molecule has 0 radical (unpaired) electrons. The number of ether oxygens (including phenoxy) is 1. The van der Waals surface area contributed by atoms with Gasteiger partial charge in [-0.3, -0.25) is 14.5 Å². The number of nitrogens with one attached hydrogen (secondary N) is 2. The van der Waals surface area contributed by atoms with Gasteiger partial charge in [0.05, 0.1) is 11.9 Å². The standard InChI is InChI=1S/C28H25N5O5S2/c34-24(30-20-10-11-20)19-8-6-18(7-9-19)21-14-40-27(31-21)32-25(35)22-15-39-26(23-12-29-16-38-23)33(22)28(36)37-13-17-4-2-1-3-5-17/h1-9,12,14,16,20,22,26H,10-11,13,15H2,(H,30,34)(H,31,32,35)/t22-,26?/m0/s1. The van der Waals surface area contributed by atoms with Gasteiger partial charge < -0.3 is 19.8 Å². The molecule has 0 bridgehead atoms. The van der Waals surface area contributed by atoms with E-state index in [4.69, 9.17) is 9.15 Å². The lowest BCUT2D eigenvalue weighted by Gasteiger charge is -2.26. The SMILES string of the molecule is O=C(NC1CC1)c1ccc(-c2csc(NC(=O)[C@@H]3CSC(c4cnco4)N3C(=O)OCc3ccccc3)n2)cc1. The Bertz CT molecular complexity index is 1490. The normalized spacial score (nSPS) is 18.4. The molecular weight excluding hydrogens is 550 g/mol. The number of hydrogen-bond acceptors (Lipinski definition) is 9. The summed E-state index contributed by atoms with van der Waals surface area (Å²) in [6.07, 6.45) is 4.26. The molecule has 3 amide bonds. The molecule has 1 aliphatic carbocycles. The number of amides is 3. The van der Waals surface area contributed by atoms with Crippen LogP contribution >= 0.6 is 23.1 Å². The molecule has 10 nitrogen and oxygen atoms in total. The third kappa shape index (κ3) is 5.87. The summed E-state index contributed by atoms with van der Waals surface area (Å²) in [5.74, 6) is 0.354. The Morgan fingerprint density at radius 3 is 2.60 bits per heavy atom. The van der Waals surface area contributed by atoms with Crippen molar-refractivity contribution in [3.05, 3.63) is 89.5 Å². The minimum Gasteiger partial charge on any atom is -0.445 e. The molecule has 40 heavy (non-hydrogen) atoms. The zero-order chi connectivity index (χ0) is 27.5. The smallest absolute Gasteiger partial charge is 0.412 e. The van der Waals surface area contributed by atoms with E-state index in [-0.39, 0.29) is 18.4 Å². The topological polar surface area (TPSA) is 127 Å². The monoisotopic (exact) mass is 575 g/mol. The number of oxazole rings is 1. The average Bonchev–Trinajstić information content (AvgIpc) is 3.36. The van der Waals surface area contributed by atoms with Crippen molar-refractivity contribution in [3.63, 3.8) is 0 Å². The van der Waals surface area contributed by atoms with Crippen molar-refractivity contribution in [1.29, 1.82) is 0 Å². The van der Waals surface area contributed by atoms with Gasteiger partial charge in [0, 0.05) is 28.3 Å². The molecule has 1 unspecified atom stereocenters. The Morgan fingerprint density at radius 1 is 1.07 bits per heavy atom. The van der Waals surface area contributed by atoms with Crippen LogP contribution in [-0.2, 0) is 16.1 Å². The first kappa shape index (κ1) is 26.1. The number of thioether (sulfide) groups is 1. The van der Waals surface area contributed by atoms with E-state index in [2.05, 4.69) is 20.6 Å². The molecule has 0 spiro atoms. The summed E-state index contributed by atoms with van der Waals surface area (Å²) in [6.45, 7) is 0.0785. The maximum atomic E-state index is 13.4. The fourth-order valence-electron chi connectivity index (χ4n) is 4.23. The Balaban J connectivity index is 1.13. The molecule has 12 heteroatoms. The third-order valence-electron chi connectivity index (χ3n) is 6.50. The number of nitrogens with zero attached hydrogens (tertiary/aromatic N) is 3. The van der Waals surface area contributed by atoms with E-state index < -0.39 is 17.5 Å². The van der Waals surface area contributed by atoms with Crippen LogP contribution in [0.3, 0.4) is 0 Å². The van der Waals surface area contributed by atoms with E-state index >= 15 is 0 Å². The van der Waals surface area contributed by atoms with Crippen molar-refractivity contribution in [2.75, 3.05) is 11.1 Å². The van der Waals surface area contributed by atoms with Crippen molar-refractivity contribution < 1.29 is 23.5 Å². The number of carbonyl (C=O) groups excluding carboxylic acids is 3. The van der Waals surface area contributed by atoms with Crippen LogP contribution in [0.25, 0.3) is 11.3 Å². The molecule has 2 aromatic carbocycles. The van der Waals surface area contributed by atoms with E-state index in [1.807, 2.05) is 47.8 Å². The van der Waals surface area contributed by atoms with Crippen LogP contribution in [-0.4, -0.2) is 50.6 Å². The fourth-order valence-corrected chi connectivity index (χ4v) is 6.31. The van der Waals surface area contributed by atoms with Gasteiger partial charge in [-0.15, -0.1) is 23.1 Å². The number of hydrogen-bond donors (Lipinski definition) is 2. The first-order chi connectivity index (χ1) is 19.5. The zero-order valence-electron chi connectivity index (χ0n) is 21.2. The quantitative estimate of drug-likeness (QED) is 0.298. The van der Waals surface area contributed by atoms with Crippen LogP contribution in [0.1, 0.15) is 39.9 Å². The number of aromatic nitrogens is 2. The zero-order valence-corrected chi connectivity index (χ0v) is 22.8. The molecule has 204 valence electrons. The summed E-state index contributed by atoms with van der Waals surface area (Å²) < 4.78 is 11.0. The summed E-state index contributed by atoms with van der Waals surface area (Å²) in [5.41, 5.74) is 2.94. The lowest BCUT2D eigenvalue weighted by Crippen LogP contribution is -2.45. The second-order valence-electron chi connectivity index (χ2n) is 9.40. The number of anilines is 1. The van der Waals surface area contributed by atoms with E-state index in [1.54, 1.807) is 12.1 Å². The maximum absolute atomic E-state index is 13.4. The molecular formula is C28H25N5O5S2. The van der Waals surface area contributed by atoms with Crippen LogP contribution in [0, 0.1) is 0 Å². The molecule has 2 aliphatic rings. The predicted octanol–water partition coefficient (Wildman–Crippen LogP) is 5.08. The molecule has 2 atom stereocenters. The van der Waals surface area contributed by atoms with E-state index in [0.717, 1.165) is 24.0 Å². The van der Waals surface area contributed by atoms with Gasteiger partial charge in [0.2, 0.25) is 5.91 Å². The Morgan fingerprint density at radius 2 is 1.88 bits per heavy atom. The molecule has 3 heterocycles. The summed E-state index contributed by atoms with van der Waals surface area (Å²) in [4.78, 5) is 48.8. The summed E-state index contributed by atoms with van der Waals surface area (Å²) in [5, 5.41) is 7.51. The Hall–Kier alpha value is -4.16. The van der Waals surface area contributed by atoms with E-state index in [9.17, 15) is 14.4 Å². The Labute approximate surface area is 238 Å². The molecule has 1 saturated heterocycles. The minimum absolute atomic E-state index is 0.0785. The molecule has 4 aromatic rings. The van der Waals surface area contributed by atoms with Gasteiger partial charge in [-0.25, -0.2) is 14.8 Å². The van der Waals surface area contributed by atoms with Gasteiger partial charge in [0.15, 0.2) is 17.3 Å². The highest BCUT2D eigenvalue weighted by molar-refractivity contribution is 7.99. The van der Waals surface area contributed by atoms with Gasteiger partial charge >= 0.3 is 6.09 Å². The summed E-state index contributed by atoms with van der Waals surface area (Å²) in [6, 6.07) is 16.0. The van der Waals surface area contributed by atoms with Crippen molar-refractivity contribution in [2.24, 2.45) is 0 Å². The highest BCUT2D eigenvalue weighted by atomic mass is 32.2. The molecule has 1 saturated carbocycles. The highest BCUT2D eigenvalue weighted by Crippen LogP contribution is 2.42. The average molecular weight is 576 g/mol. The molecule has 1 aliphatic heterocycles. The number of carbonyl (C=O) groups is 3. The second-order valence-corrected chi connectivity index (χ2v) is 11.4. The number of rotatable bonds is 8. The van der Waals surface area contributed by atoms with Crippen LogP contribution in [0.5, 0.6) is 0 Å². The molecule has 2 N–H and O–H groups in total. The first-order valence-corrected chi connectivity index (χ1v) is 14.6. The largest absolute Gasteiger partial charge is 0.445 e. The van der Waals surface area contributed by atoms with Gasteiger partial charge in [-0.05, 0) is 30.5 Å². The minimum atomic E-state index is -0.806. The number of thiazole rings is 1. The second kappa shape index (κ2) is 11.5. The molecule has 6 rings (SSSR count). The van der Waals surface area contributed by atoms with E-state index in [1.165, 1.54) is 40.6 Å². The predicted molar refractivity (Wildman–Crippen MR) is 151 cm³/mol. The highest BCUT2D eigenvalue weighted by Gasteiger charge is 2.45. The van der Waals surface area contributed by atoms with Crippen LogP contribution in [0.2, 0.25) is 0 Å². The number of benzene rings is 2. The Kier molecular flexibility index (Phi) is 7.51. The van der Waals surface area contributed by atoms with E-state index in [0.29, 0.717) is 33.9 Å². The fraction of sp³-hybridized carbons (Fsp3) is 0.250. The first-order valence-electron chi connectivity index (χ1n) is 12.7. The summed E-state index contributed by atoms with van der Waals surface area (Å²) >= 11 is 2.68. The molecule has 2 fully saturated rings. The van der Waals surface area contributed by atoms with Crippen LogP contribution in [0.4, 0.5) is 9.93 Å². The van der Waals surface area contributed by atoms with Gasteiger partial charge in [-0.1, -0.05) is 42.5 Å². The van der Waals surface area contributed by atoms with Crippen LogP contribution in [0.15, 0.2) is 77.0 Å². The van der Waals surface area contributed by atoms with Crippen LogP contribution < -0.4 is 10.6 Å². The lowest BCUT2D eigenvalue weighted by atomic mass is 10.1. The lowest BCUT2D eigenvalue weighted by molar-refractivity contribution is -0.120. The van der Waals surface area contributed by atoms with Gasteiger partial charge in [-0.2, -0.15) is 0 Å². The summed E-state index contributed by atoms with van der Waals surface area (Å²) in [7, 11) is 0. The van der Waals surface area contributed by atoms with Gasteiger partial charge in [0.25, 0.3) is 5.91 Å². The maximum Gasteiger partial charge on any atom is 0.412 e. The van der Waals surface area contributed by atoms with Gasteiger partial charge in [0.1, 0.15) is 18.0 Å². The third-order valence-corrected chi connectivity index (χ3v) is 8.54. The van der Waals surface area contributed by atoms with Crippen molar-refractivity contribution in [3.8, 4) is 11.3 Å².